The molecule has 0 fully saturated rings. The van der Waals surface area contributed by atoms with Gasteiger partial charge in [-0.25, -0.2) is 4.79 Å². The summed E-state index contributed by atoms with van der Waals surface area (Å²) >= 11 is 1.99. The van der Waals surface area contributed by atoms with E-state index in [-0.39, 0.29) is 0 Å². The number of hydrogen-bond acceptors (Lipinski definition) is 2. The number of carboxylic acids is 1. The third-order valence-electron chi connectivity index (χ3n) is 1.43. The predicted molar refractivity (Wildman–Crippen MR) is 51.8 cm³/mol. The molecule has 0 radical (unpaired) electrons. The second-order valence-corrected chi connectivity index (χ2v) is 3.42. The van der Waals surface area contributed by atoms with Crippen LogP contribution in [0.25, 0.3) is 0 Å². The fourth-order valence-corrected chi connectivity index (χ4v) is 1.51. The highest BCUT2D eigenvalue weighted by molar-refractivity contribution is 14.1. The lowest BCUT2D eigenvalue weighted by atomic mass is 10.1. The number of aliphatic hydroxyl groups is 1. The summed E-state index contributed by atoms with van der Waals surface area (Å²) in [5, 5.41) is 17.7. The average Bonchev–Trinajstić information content (AvgIpc) is 2.04. The summed E-state index contributed by atoms with van der Waals surface area (Å²) in [7, 11) is 0. The molecular weight excluding hydrogens is 271 g/mol. The molecular formula is C8H7IO3. The molecule has 2 N–H and O–H groups in total. The lowest BCUT2D eigenvalue weighted by Gasteiger charge is -2.06. The molecule has 64 valence electrons. The predicted octanol–water partition coefficient (Wildman–Crippen LogP) is 1.41. The van der Waals surface area contributed by atoms with Gasteiger partial charge in [-0.1, -0.05) is 18.2 Å². The van der Waals surface area contributed by atoms with Gasteiger partial charge in [0.05, 0.1) is 0 Å². The van der Waals surface area contributed by atoms with Crippen molar-refractivity contribution in [2.75, 3.05) is 0 Å². The number of rotatable bonds is 2. The molecule has 0 aliphatic carbocycles. The van der Waals surface area contributed by atoms with Crippen LogP contribution in [0, 0.1) is 3.57 Å². The molecule has 1 aromatic carbocycles. The Morgan fingerprint density at radius 1 is 1.42 bits per heavy atom. The lowest BCUT2D eigenvalue weighted by molar-refractivity contribution is -0.147. The summed E-state index contributed by atoms with van der Waals surface area (Å²) in [6, 6.07) is 6.84. The van der Waals surface area contributed by atoms with Gasteiger partial charge in [0.1, 0.15) is 0 Å². The van der Waals surface area contributed by atoms with Crippen LogP contribution >= 0.6 is 22.6 Å². The maximum atomic E-state index is 10.4. The van der Waals surface area contributed by atoms with E-state index in [0.29, 0.717) is 5.56 Å². The zero-order chi connectivity index (χ0) is 9.14. The van der Waals surface area contributed by atoms with Gasteiger partial charge in [0.25, 0.3) is 0 Å². The third-order valence-corrected chi connectivity index (χ3v) is 2.42. The van der Waals surface area contributed by atoms with Crippen LogP contribution in [-0.4, -0.2) is 16.2 Å². The van der Waals surface area contributed by atoms with E-state index in [1.807, 2.05) is 22.6 Å². The highest BCUT2D eigenvalue weighted by Crippen LogP contribution is 2.19. The van der Waals surface area contributed by atoms with Gasteiger partial charge in [-0.15, -0.1) is 0 Å². The van der Waals surface area contributed by atoms with E-state index >= 15 is 0 Å². The van der Waals surface area contributed by atoms with Gasteiger partial charge in [-0.2, -0.15) is 0 Å². The molecule has 0 aliphatic heterocycles. The fraction of sp³-hybridized carbons (Fsp3) is 0.125. The second-order valence-electron chi connectivity index (χ2n) is 2.26. The number of halogens is 1. The molecule has 0 heterocycles. The summed E-state index contributed by atoms with van der Waals surface area (Å²) in [5.41, 5.74) is 0.436. The molecule has 1 atom stereocenters. The zero-order valence-corrected chi connectivity index (χ0v) is 8.22. The number of hydrogen-bond donors (Lipinski definition) is 2. The Morgan fingerprint density at radius 3 is 2.50 bits per heavy atom. The summed E-state index contributed by atoms with van der Waals surface area (Å²) in [5.74, 6) is -1.22. The molecule has 0 spiro atoms. The SMILES string of the molecule is O=C(O)C(O)c1ccccc1I. The molecule has 0 aliphatic rings. The van der Waals surface area contributed by atoms with Crippen LogP contribution in [0.15, 0.2) is 24.3 Å². The second kappa shape index (κ2) is 3.86. The lowest BCUT2D eigenvalue weighted by Crippen LogP contribution is -2.11. The van der Waals surface area contributed by atoms with Crippen molar-refractivity contribution in [2.45, 2.75) is 6.10 Å². The molecule has 1 rings (SSSR count). The van der Waals surface area contributed by atoms with Crippen molar-refractivity contribution in [1.82, 2.24) is 0 Å². The Bertz CT molecular complexity index is 298. The first-order valence-corrected chi connectivity index (χ1v) is 4.36. The van der Waals surface area contributed by atoms with Crippen molar-refractivity contribution >= 4 is 28.6 Å². The Hall–Kier alpha value is -0.620. The highest BCUT2D eigenvalue weighted by atomic mass is 127. The number of aliphatic carboxylic acids is 1. The van der Waals surface area contributed by atoms with Crippen LogP contribution in [0.4, 0.5) is 0 Å². The van der Waals surface area contributed by atoms with Gasteiger partial charge >= 0.3 is 5.97 Å². The molecule has 1 aromatic rings. The van der Waals surface area contributed by atoms with Gasteiger partial charge in [-0.05, 0) is 28.7 Å². The summed E-state index contributed by atoms with van der Waals surface area (Å²) in [6.45, 7) is 0. The molecule has 0 aromatic heterocycles. The van der Waals surface area contributed by atoms with Crippen molar-refractivity contribution in [3.05, 3.63) is 33.4 Å². The number of benzene rings is 1. The van der Waals surface area contributed by atoms with Gasteiger partial charge in [0.2, 0.25) is 0 Å². The molecule has 12 heavy (non-hydrogen) atoms. The Balaban J connectivity index is 3.02. The van der Waals surface area contributed by atoms with Crippen molar-refractivity contribution < 1.29 is 15.0 Å². The first-order chi connectivity index (χ1) is 5.63. The first-order valence-electron chi connectivity index (χ1n) is 3.28. The summed E-state index contributed by atoms with van der Waals surface area (Å²) in [4.78, 5) is 10.4. The average molecular weight is 278 g/mol. The maximum absolute atomic E-state index is 10.4. The number of aliphatic hydroxyl groups excluding tert-OH is 1. The molecule has 0 saturated carbocycles. The molecule has 4 heteroatoms. The zero-order valence-electron chi connectivity index (χ0n) is 6.07. The highest BCUT2D eigenvalue weighted by Gasteiger charge is 2.17. The molecule has 1 unspecified atom stereocenters. The number of carbonyl (C=O) groups is 1. The van der Waals surface area contributed by atoms with Crippen LogP contribution in [0.5, 0.6) is 0 Å². The van der Waals surface area contributed by atoms with Crippen LogP contribution < -0.4 is 0 Å². The van der Waals surface area contributed by atoms with Crippen LogP contribution in [0.3, 0.4) is 0 Å². The Morgan fingerprint density at radius 2 is 2.00 bits per heavy atom. The topological polar surface area (TPSA) is 57.5 Å². The minimum Gasteiger partial charge on any atom is -0.479 e. The van der Waals surface area contributed by atoms with Crippen molar-refractivity contribution in [3.8, 4) is 0 Å². The van der Waals surface area contributed by atoms with Gasteiger partial charge in [0, 0.05) is 9.13 Å². The largest absolute Gasteiger partial charge is 0.479 e. The van der Waals surface area contributed by atoms with Gasteiger partial charge < -0.3 is 10.2 Å². The normalized spacial score (nSPS) is 12.5. The minimum absolute atomic E-state index is 0.436. The summed E-state index contributed by atoms with van der Waals surface area (Å²) in [6.07, 6.45) is -1.42. The van der Waals surface area contributed by atoms with E-state index < -0.39 is 12.1 Å². The molecule has 3 nitrogen and oxygen atoms in total. The van der Waals surface area contributed by atoms with E-state index in [1.165, 1.54) is 0 Å². The molecule has 0 amide bonds. The van der Waals surface area contributed by atoms with Crippen LogP contribution in [0.1, 0.15) is 11.7 Å². The van der Waals surface area contributed by atoms with E-state index in [2.05, 4.69) is 0 Å². The van der Waals surface area contributed by atoms with Crippen molar-refractivity contribution in [3.63, 3.8) is 0 Å². The number of carboxylic acid groups (broad SMARTS) is 1. The van der Waals surface area contributed by atoms with Crippen LogP contribution in [0.2, 0.25) is 0 Å². The fourth-order valence-electron chi connectivity index (χ4n) is 0.830. The molecule has 0 saturated heterocycles. The monoisotopic (exact) mass is 278 g/mol. The Kier molecular flexibility index (Phi) is 3.05. The standard InChI is InChI=1S/C8H7IO3/c9-6-4-2-1-3-5(6)7(10)8(11)12/h1-4,7,10H,(H,11,12). The van der Waals surface area contributed by atoms with Gasteiger partial charge in [-0.3, -0.25) is 0 Å². The minimum atomic E-state index is -1.42. The quantitative estimate of drug-likeness (QED) is 0.804. The smallest absolute Gasteiger partial charge is 0.337 e. The summed E-state index contributed by atoms with van der Waals surface area (Å²) < 4.78 is 0.755. The first kappa shape index (κ1) is 9.47. The molecule has 0 bridgehead atoms. The van der Waals surface area contributed by atoms with E-state index in [0.717, 1.165) is 3.57 Å². The third kappa shape index (κ3) is 1.95. The van der Waals surface area contributed by atoms with E-state index in [4.69, 9.17) is 5.11 Å². The van der Waals surface area contributed by atoms with Crippen molar-refractivity contribution in [2.24, 2.45) is 0 Å². The van der Waals surface area contributed by atoms with E-state index in [1.54, 1.807) is 24.3 Å². The maximum Gasteiger partial charge on any atom is 0.337 e. The van der Waals surface area contributed by atoms with Crippen molar-refractivity contribution in [1.29, 1.82) is 0 Å². The Labute approximate surface area is 83.2 Å². The van der Waals surface area contributed by atoms with E-state index in [9.17, 15) is 9.90 Å². The van der Waals surface area contributed by atoms with Gasteiger partial charge in [0.15, 0.2) is 6.10 Å². The van der Waals surface area contributed by atoms with Crippen LogP contribution in [-0.2, 0) is 4.79 Å².